The van der Waals surface area contributed by atoms with E-state index in [0.717, 1.165) is 11.4 Å². The van der Waals surface area contributed by atoms with Gasteiger partial charge in [-0.3, -0.25) is 0 Å². The number of anilines is 9. The van der Waals surface area contributed by atoms with Gasteiger partial charge in [0.25, 0.3) is 6.71 Å². The maximum Gasteiger partial charge on any atom is 0.252 e. The summed E-state index contributed by atoms with van der Waals surface area (Å²) in [5, 5.41) is 7.67. The van der Waals surface area contributed by atoms with E-state index in [9.17, 15) is 0 Å². The zero-order chi connectivity index (χ0) is 49.8. The van der Waals surface area contributed by atoms with Crippen molar-refractivity contribution in [2.24, 2.45) is 0 Å². The van der Waals surface area contributed by atoms with E-state index in [-0.39, 0.29) is 24.3 Å². The fourth-order valence-corrected chi connectivity index (χ4v) is 14.2. The van der Waals surface area contributed by atoms with Crippen LogP contribution >= 0.6 is 11.8 Å². The molecule has 3 nitrogen and oxygen atoms in total. The molecule has 0 fully saturated rings. The summed E-state index contributed by atoms with van der Waals surface area (Å²) in [5.41, 5.74) is 21.5. The van der Waals surface area contributed by atoms with Crippen LogP contribution < -0.4 is 47.5 Å². The third-order valence-electron chi connectivity index (χ3n) is 16.5. The first-order valence-corrected chi connectivity index (χ1v) is 27.1. The lowest BCUT2D eigenvalue weighted by Crippen LogP contribution is -2.64. The van der Waals surface area contributed by atoms with Crippen molar-refractivity contribution in [2.75, 3.05) is 14.7 Å². The summed E-state index contributed by atoms with van der Waals surface area (Å²) in [6.07, 6.45) is 0. The van der Waals surface area contributed by atoms with Gasteiger partial charge in [-0.2, -0.15) is 0 Å². The molecular formula is C68H53B2N3S. The average Bonchev–Trinajstić information content (AvgIpc) is 3.43. The van der Waals surface area contributed by atoms with Crippen LogP contribution in [0.2, 0.25) is 0 Å². The summed E-state index contributed by atoms with van der Waals surface area (Å²) in [7, 11) is 0. The van der Waals surface area contributed by atoms with Crippen molar-refractivity contribution in [1.29, 1.82) is 0 Å². The number of nitrogens with zero attached hydrogens (tertiary/aromatic N) is 3. The molecule has 4 aliphatic rings. The molecule has 0 saturated carbocycles. The minimum atomic E-state index is -0.134. The Kier molecular flexibility index (Phi) is 9.31. The molecule has 0 bridgehead atoms. The van der Waals surface area contributed by atoms with Crippen molar-refractivity contribution in [3.63, 3.8) is 0 Å². The second kappa shape index (κ2) is 15.8. The molecule has 0 amide bonds. The Balaban J connectivity index is 1.06. The number of hydrogen-bond acceptors (Lipinski definition) is 4. The Morgan fingerprint density at radius 1 is 0.297 bits per heavy atom. The molecule has 0 unspecified atom stereocenters. The number of rotatable bonds is 3. The van der Waals surface area contributed by atoms with E-state index in [2.05, 4.69) is 269 Å². The maximum absolute atomic E-state index is 2.66. The van der Waals surface area contributed by atoms with E-state index in [0.29, 0.717) is 0 Å². The zero-order valence-electron chi connectivity index (χ0n) is 42.6. The van der Waals surface area contributed by atoms with E-state index in [1.807, 2.05) is 11.8 Å². The molecule has 0 saturated heterocycles. The number of para-hydroxylation sites is 4. The standard InChI is InChI=1S/C68H53B2N3S/c1-67(2,3)42-35-60-65-61(36-42)73(46-33-34-51-49-27-14-13-25-47(49)48-26-15-16-28-50(48)52(51)39-46)59-41-63-56(40-55(59)69(65)53-29-17-19-31-57(53)71(60)44-21-9-7-10-22-44)70-54-30-18-20-32-58(54)72(45-23-11-8-12-24-45)62-37-43(68(4,5)6)38-64(74-63)66(62)70/h7-41H,1-6H3. The molecule has 0 N–H and O–H groups in total. The number of benzene rings is 11. The van der Waals surface area contributed by atoms with Crippen LogP contribution in [0.5, 0.6) is 0 Å². The molecule has 11 aromatic rings. The van der Waals surface area contributed by atoms with Crippen LogP contribution in [-0.4, -0.2) is 13.4 Å². The molecule has 74 heavy (non-hydrogen) atoms. The van der Waals surface area contributed by atoms with Gasteiger partial charge in [0.1, 0.15) is 0 Å². The smallest absolute Gasteiger partial charge is 0.252 e. The second-order valence-corrected chi connectivity index (χ2v) is 24.0. The highest BCUT2D eigenvalue weighted by atomic mass is 32.2. The third-order valence-corrected chi connectivity index (χ3v) is 17.7. The Hall–Kier alpha value is -7.92. The number of hydrogen-bond donors (Lipinski definition) is 0. The first-order chi connectivity index (χ1) is 36.0. The van der Waals surface area contributed by atoms with Gasteiger partial charge in [0, 0.05) is 61.0 Å². The quantitative estimate of drug-likeness (QED) is 0.129. The van der Waals surface area contributed by atoms with Crippen LogP contribution in [0.4, 0.5) is 51.2 Å². The van der Waals surface area contributed by atoms with Gasteiger partial charge in [-0.1, -0.05) is 192 Å². The molecule has 0 radical (unpaired) electrons. The summed E-state index contributed by atoms with van der Waals surface area (Å²) in [6.45, 7) is 14.2. The van der Waals surface area contributed by atoms with E-state index in [1.54, 1.807) is 0 Å². The van der Waals surface area contributed by atoms with Crippen molar-refractivity contribution < 1.29 is 0 Å². The first kappa shape index (κ1) is 43.6. The minimum absolute atomic E-state index is 0.0271. The van der Waals surface area contributed by atoms with Gasteiger partial charge in [0.2, 0.25) is 6.71 Å². The van der Waals surface area contributed by atoms with Gasteiger partial charge in [-0.25, -0.2) is 0 Å². The van der Waals surface area contributed by atoms with Crippen LogP contribution in [0.1, 0.15) is 52.7 Å². The second-order valence-electron chi connectivity index (χ2n) is 22.9. The van der Waals surface area contributed by atoms with Crippen molar-refractivity contribution >= 4 is 141 Å². The average molecular weight is 966 g/mol. The summed E-state index contributed by atoms with van der Waals surface area (Å²) >= 11 is 1.96. The third kappa shape index (κ3) is 6.31. The van der Waals surface area contributed by atoms with Crippen LogP contribution in [0, 0.1) is 0 Å². The molecule has 4 aliphatic heterocycles. The molecule has 0 atom stereocenters. The predicted octanol–water partition coefficient (Wildman–Crippen LogP) is 14.6. The highest BCUT2D eigenvalue weighted by molar-refractivity contribution is 8.00. The summed E-state index contributed by atoms with van der Waals surface area (Å²) in [5.74, 6) is 0. The van der Waals surface area contributed by atoms with E-state index in [1.165, 1.54) is 126 Å². The van der Waals surface area contributed by atoms with Crippen molar-refractivity contribution in [3.8, 4) is 0 Å². The molecule has 15 rings (SSSR count). The van der Waals surface area contributed by atoms with Gasteiger partial charge in [-0.05, 0) is 160 Å². The normalized spacial score (nSPS) is 14.2. The minimum Gasteiger partial charge on any atom is -0.311 e. The van der Waals surface area contributed by atoms with Gasteiger partial charge in [-0.15, -0.1) is 0 Å². The Morgan fingerprint density at radius 3 is 1.27 bits per heavy atom. The summed E-state index contributed by atoms with van der Waals surface area (Å²) in [4.78, 5) is 10.4. The van der Waals surface area contributed by atoms with Gasteiger partial charge < -0.3 is 14.7 Å². The first-order valence-electron chi connectivity index (χ1n) is 26.2. The lowest BCUT2D eigenvalue weighted by Gasteiger charge is -2.46. The molecule has 352 valence electrons. The summed E-state index contributed by atoms with van der Waals surface area (Å²) in [6, 6.07) is 80.9. The fraction of sp³-hybridized carbons (Fsp3) is 0.118. The topological polar surface area (TPSA) is 9.72 Å². The molecule has 6 heteroatoms. The van der Waals surface area contributed by atoms with Crippen LogP contribution in [0.3, 0.4) is 0 Å². The number of fused-ring (bicyclic) bond motifs is 14. The van der Waals surface area contributed by atoms with Crippen LogP contribution in [-0.2, 0) is 10.8 Å². The highest BCUT2D eigenvalue weighted by Gasteiger charge is 2.47. The fourth-order valence-electron chi connectivity index (χ4n) is 13.0. The molecule has 11 aromatic carbocycles. The van der Waals surface area contributed by atoms with Gasteiger partial charge in [0.05, 0.1) is 0 Å². The Labute approximate surface area is 439 Å². The SMILES string of the molecule is CC(C)(C)c1cc2c3c(c1)N(c1ccccc1)c1ccccc1B3c1cc3c(cc1S2)N(c1ccc2c4ccccc4c4ccccc4c2c1)c1cc(C(C)(C)C)cc2c1B3c1ccccc1N2c1ccccc1. The van der Waals surface area contributed by atoms with Gasteiger partial charge in [0.15, 0.2) is 0 Å². The Bertz CT molecular complexity index is 4140. The highest BCUT2D eigenvalue weighted by Crippen LogP contribution is 2.50. The lowest BCUT2D eigenvalue weighted by atomic mass is 9.31. The Morgan fingerprint density at radius 2 is 0.730 bits per heavy atom. The monoisotopic (exact) mass is 965 g/mol. The molecular weight excluding hydrogens is 912 g/mol. The molecule has 0 aromatic heterocycles. The molecule has 4 heterocycles. The van der Waals surface area contributed by atoms with Crippen molar-refractivity contribution in [2.45, 2.75) is 62.2 Å². The van der Waals surface area contributed by atoms with Gasteiger partial charge >= 0.3 is 0 Å². The lowest BCUT2D eigenvalue weighted by molar-refractivity contribution is 0.589. The van der Waals surface area contributed by atoms with E-state index in [4.69, 9.17) is 0 Å². The van der Waals surface area contributed by atoms with Crippen LogP contribution in [0.15, 0.2) is 222 Å². The summed E-state index contributed by atoms with van der Waals surface area (Å²) < 4.78 is 0. The van der Waals surface area contributed by atoms with Crippen molar-refractivity contribution in [3.05, 3.63) is 223 Å². The van der Waals surface area contributed by atoms with E-state index >= 15 is 0 Å². The maximum atomic E-state index is 2.66. The largest absolute Gasteiger partial charge is 0.311 e. The zero-order valence-corrected chi connectivity index (χ0v) is 43.4. The van der Waals surface area contributed by atoms with Crippen LogP contribution in [0.25, 0.3) is 32.3 Å². The molecule has 0 aliphatic carbocycles. The molecule has 0 spiro atoms. The predicted molar refractivity (Wildman–Crippen MR) is 320 cm³/mol. The van der Waals surface area contributed by atoms with E-state index < -0.39 is 0 Å². The van der Waals surface area contributed by atoms with Crippen molar-refractivity contribution in [1.82, 2.24) is 0 Å².